The van der Waals surface area contributed by atoms with Crippen LogP contribution in [-0.2, 0) is 17.8 Å². The quantitative estimate of drug-likeness (QED) is 0.859. The van der Waals surface area contributed by atoms with E-state index in [1.165, 1.54) is 4.88 Å². The second-order valence-electron chi connectivity index (χ2n) is 4.25. The lowest BCUT2D eigenvalue weighted by molar-refractivity contribution is -0.129. The lowest BCUT2D eigenvalue weighted by Gasteiger charge is -2.16. The Kier molecular flexibility index (Phi) is 3.99. The van der Waals surface area contributed by atoms with E-state index >= 15 is 0 Å². The van der Waals surface area contributed by atoms with E-state index < -0.39 is 0 Å². The first-order valence-corrected chi connectivity index (χ1v) is 6.64. The van der Waals surface area contributed by atoms with Gasteiger partial charge in [0, 0.05) is 17.6 Å². The zero-order valence-corrected chi connectivity index (χ0v) is 11.1. The Morgan fingerprint density at radius 3 is 2.83 bits per heavy atom. The summed E-state index contributed by atoms with van der Waals surface area (Å²) in [7, 11) is 1.83. The van der Waals surface area contributed by atoms with E-state index in [0.29, 0.717) is 18.7 Å². The van der Waals surface area contributed by atoms with Crippen molar-refractivity contribution in [2.24, 2.45) is 0 Å². The van der Waals surface area contributed by atoms with Crippen molar-refractivity contribution in [3.8, 4) is 0 Å². The monoisotopic (exact) mass is 260 g/mol. The van der Waals surface area contributed by atoms with Crippen molar-refractivity contribution in [1.29, 1.82) is 0 Å². The topological polar surface area (TPSA) is 46.3 Å². The van der Waals surface area contributed by atoms with E-state index in [-0.39, 0.29) is 5.91 Å². The first kappa shape index (κ1) is 12.6. The third-order valence-corrected chi connectivity index (χ3v) is 3.57. The summed E-state index contributed by atoms with van der Waals surface area (Å²) in [6.45, 7) is 0.665. The van der Waals surface area contributed by atoms with E-state index in [1.807, 2.05) is 48.8 Å². The molecule has 0 aliphatic rings. The van der Waals surface area contributed by atoms with Crippen LogP contribution in [0.3, 0.4) is 0 Å². The molecular weight excluding hydrogens is 244 g/mol. The summed E-state index contributed by atoms with van der Waals surface area (Å²) in [5.41, 5.74) is 7.35. The third-order valence-electron chi connectivity index (χ3n) is 2.71. The van der Waals surface area contributed by atoms with Crippen LogP contribution >= 0.6 is 11.3 Å². The van der Waals surface area contributed by atoms with Crippen molar-refractivity contribution < 1.29 is 4.79 Å². The van der Waals surface area contributed by atoms with Gasteiger partial charge in [0.1, 0.15) is 0 Å². The molecule has 18 heavy (non-hydrogen) atoms. The fraction of sp³-hybridized carbons (Fsp3) is 0.214. The van der Waals surface area contributed by atoms with Gasteiger partial charge in [0.25, 0.3) is 0 Å². The minimum Gasteiger partial charge on any atom is -0.399 e. The second-order valence-corrected chi connectivity index (χ2v) is 5.28. The number of anilines is 1. The summed E-state index contributed by atoms with van der Waals surface area (Å²) in [5.74, 6) is 0.106. The molecule has 2 rings (SSSR count). The number of benzene rings is 1. The molecule has 0 saturated carbocycles. The average molecular weight is 260 g/mol. The summed E-state index contributed by atoms with van der Waals surface area (Å²) in [4.78, 5) is 15.0. The van der Waals surface area contributed by atoms with Gasteiger partial charge in [-0.15, -0.1) is 11.3 Å². The van der Waals surface area contributed by atoms with E-state index in [2.05, 4.69) is 0 Å². The number of hydrogen-bond acceptors (Lipinski definition) is 3. The molecule has 1 aromatic heterocycles. The maximum absolute atomic E-state index is 12.0. The smallest absolute Gasteiger partial charge is 0.227 e. The molecule has 0 fully saturated rings. The number of carbonyl (C=O) groups excluding carboxylic acids is 1. The molecule has 1 amide bonds. The summed E-state index contributed by atoms with van der Waals surface area (Å²) in [6, 6.07) is 11.5. The molecule has 0 atom stereocenters. The average Bonchev–Trinajstić information content (AvgIpc) is 2.81. The Morgan fingerprint density at radius 1 is 1.33 bits per heavy atom. The number of likely N-dealkylation sites (N-methyl/N-ethyl adjacent to an activating group) is 1. The van der Waals surface area contributed by atoms with Gasteiger partial charge in [0.2, 0.25) is 5.91 Å². The second kappa shape index (κ2) is 5.69. The molecule has 0 aliphatic heterocycles. The summed E-state index contributed by atoms with van der Waals surface area (Å²) in [5, 5.41) is 2.02. The van der Waals surface area contributed by atoms with E-state index in [1.54, 1.807) is 16.2 Å². The van der Waals surface area contributed by atoms with Gasteiger partial charge in [-0.1, -0.05) is 18.2 Å². The number of hydrogen-bond donors (Lipinski definition) is 1. The fourth-order valence-electron chi connectivity index (χ4n) is 1.74. The molecule has 1 aromatic carbocycles. The number of amides is 1. The van der Waals surface area contributed by atoms with Crippen LogP contribution in [-0.4, -0.2) is 17.9 Å². The summed E-state index contributed by atoms with van der Waals surface area (Å²) < 4.78 is 0. The third kappa shape index (κ3) is 3.34. The van der Waals surface area contributed by atoms with Crippen LogP contribution in [0.15, 0.2) is 41.8 Å². The SMILES string of the molecule is CN(Cc1cccs1)C(=O)Cc1cccc(N)c1. The number of thiophene rings is 1. The highest BCUT2D eigenvalue weighted by Gasteiger charge is 2.10. The van der Waals surface area contributed by atoms with E-state index in [4.69, 9.17) is 5.73 Å². The Balaban J connectivity index is 1.95. The zero-order valence-electron chi connectivity index (χ0n) is 10.3. The van der Waals surface area contributed by atoms with Crippen molar-refractivity contribution in [3.63, 3.8) is 0 Å². The molecule has 0 bridgehead atoms. The van der Waals surface area contributed by atoms with Crippen molar-refractivity contribution in [3.05, 3.63) is 52.2 Å². The molecular formula is C14H16N2OS. The number of nitrogens with zero attached hydrogens (tertiary/aromatic N) is 1. The van der Waals surface area contributed by atoms with Gasteiger partial charge in [-0.05, 0) is 29.1 Å². The van der Waals surface area contributed by atoms with E-state index in [9.17, 15) is 4.79 Å². The van der Waals surface area contributed by atoms with Crippen molar-refractivity contribution in [2.45, 2.75) is 13.0 Å². The van der Waals surface area contributed by atoms with Gasteiger partial charge in [0.15, 0.2) is 0 Å². The Hall–Kier alpha value is -1.81. The largest absolute Gasteiger partial charge is 0.399 e. The van der Waals surface area contributed by atoms with Crippen LogP contribution in [0.4, 0.5) is 5.69 Å². The molecule has 3 nitrogen and oxygen atoms in total. The molecule has 0 aliphatic carbocycles. The fourth-order valence-corrected chi connectivity index (χ4v) is 2.49. The molecule has 1 heterocycles. The highest BCUT2D eigenvalue weighted by molar-refractivity contribution is 7.09. The molecule has 0 spiro atoms. The Bertz CT molecular complexity index is 522. The van der Waals surface area contributed by atoms with Crippen LogP contribution in [0.25, 0.3) is 0 Å². The molecule has 2 aromatic rings. The normalized spacial score (nSPS) is 10.3. The first-order chi connectivity index (χ1) is 8.65. The highest BCUT2D eigenvalue weighted by atomic mass is 32.1. The number of nitrogens with two attached hydrogens (primary N) is 1. The number of rotatable bonds is 4. The lowest BCUT2D eigenvalue weighted by Crippen LogP contribution is -2.27. The zero-order chi connectivity index (χ0) is 13.0. The van der Waals surface area contributed by atoms with Gasteiger partial charge < -0.3 is 10.6 Å². The molecule has 0 unspecified atom stereocenters. The van der Waals surface area contributed by atoms with Crippen LogP contribution < -0.4 is 5.73 Å². The predicted molar refractivity (Wildman–Crippen MR) is 75.4 cm³/mol. The molecule has 94 valence electrons. The van der Waals surface area contributed by atoms with Gasteiger partial charge >= 0.3 is 0 Å². The van der Waals surface area contributed by atoms with Gasteiger partial charge in [-0.2, -0.15) is 0 Å². The van der Waals surface area contributed by atoms with Gasteiger partial charge in [-0.3, -0.25) is 4.79 Å². The highest BCUT2D eigenvalue weighted by Crippen LogP contribution is 2.13. The standard InChI is InChI=1S/C14H16N2OS/c1-16(10-13-6-3-7-18-13)14(17)9-11-4-2-5-12(15)8-11/h2-8H,9-10,15H2,1H3. The van der Waals surface area contributed by atoms with E-state index in [0.717, 1.165) is 5.56 Å². The summed E-state index contributed by atoms with van der Waals surface area (Å²) >= 11 is 1.66. The van der Waals surface area contributed by atoms with Crippen molar-refractivity contribution in [2.75, 3.05) is 12.8 Å². The number of carbonyl (C=O) groups is 1. The maximum atomic E-state index is 12.0. The van der Waals surface area contributed by atoms with Gasteiger partial charge in [-0.25, -0.2) is 0 Å². The predicted octanol–water partition coefficient (Wildman–Crippen LogP) is 2.53. The Morgan fingerprint density at radius 2 is 2.17 bits per heavy atom. The molecule has 4 heteroatoms. The molecule has 2 N–H and O–H groups in total. The minimum absolute atomic E-state index is 0.106. The first-order valence-electron chi connectivity index (χ1n) is 5.76. The van der Waals surface area contributed by atoms with Crippen molar-refractivity contribution in [1.82, 2.24) is 4.90 Å². The van der Waals surface area contributed by atoms with Gasteiger partial charge in [0.05, 0.1) is 13.0 Å². The minimum atomic E-state index is 0.106. The van der Waals surface area contributed by atoms with Crippen LogP contribution in [0.1, 0.15) is 10.4 Å². The number of nitrogen functional groups attached to an aromatic ring is 1. The van der Waals surface area contributed by atoms with Crippen molar-refractivity contribution >= 4 is 22.9 Å². The summed E-state index contributed by atoms with van der Waals surface area (Å²) in [6.07, 6.45) is 0.396. The maximum Gasteiger partial charge on any atom is 0.227 e. The lowest BCUT2D eigenvalue weighted by atomic mass is 10.1. The van der Waals surface area contributed by atoms with Crippen LogP contribution in [0.2, 0.25) is 0 Å². The molecule has 0 radical (unpaired) electrons. The molecule has 0 saturated heterocycles. The Labute approximate surface area is 111 Å². The van der Waals surface area contributed by atoms with Crippen LogP contribution in [0, 0.1) is 0 Å². The van der Waals surface area contributed by atoms with Crippen LogP contribution in [0.5, 0.6) is 0 Å².